The average Bonchev–Trinajstić information content (AvgIpc) is 3.29. The second-order valence-electron chi connectivity index (χ2n) is 13.5. The number of hydrogen-bond donors (Lipinski definition) is 1. The van der Waals surface area contributed by atoms with Crippen LogP contribution in [-0.2, 0) is 16.0 Å². The maximum Gasteiger partial charge on any atom is 0.234 e. The van der Waals surface area contributed by atoms with Gasteiger partial charge in [0.1, 0.15) is 0 Å². The molecule has 0 spiro atoms. The SMILES string of the molecule is COc1cc2c(cc1OC(C)C)[C@H](c1ccc(Cl)cc1)N(c1ccc(N(C)C[C@H]3CC[C@H](N4CCCNC(=O)C4)CC3)cc1)C(=O)C2. The van der Waals surface area contributed by atoms with E-state index in [2.05, 4.69) is 46.4 Å². The Balaban J connectivity index is 1.20. The fourth-order valence-electron chi connectivity index (χ4n) is 7.52. The molecule has 1 atom stereocenters. The van der Waals surface area contributed by atoms with Crippen LogP contribution < -0.4 is 24.6 Å². The Kier molecular flexibility index (Phi) is 10.3. The molecule has 0 bridgehead atoms. The number of ether oxygens (including phenoxy) is 2. The molecule has 3 aromatic rings. The van der Waals surface area contributed by atoms with Crippen molar-refractivity contribution in [1.82, 2.24) is 10.2 Å². The maximum atomic E-state index is 13.9. The quantitative estimate of drug-likeness (QED) is 0.278. The van der Waals surface area contributed by atoms with Crippen LogP contribution in [0.2, 0.25) is 5.02 Å². The summed E-state index contributed by atoms with van der Waals surface area (Å²) in [5.74, 6) is 2.09. The Morgan fingerprint density at radius 2 is 1.70 bits per heavy atom. The van der Waals surface area contributed by atoms with Crippen molar-refractivity contribution >= 4 is 34.8 Å². The highest BCUT2D eigenvalue weighted by atomic mass is 35.5. The summed E-state index contributed by atoms with van der Waals surface area (Å²) in [6, 6.07) is 20.3. The molecule has 9 heteroatoms. The van der Waals surface area contributed by atoms with Gasteiger partial charge in [-0.15, -0.1) is 0 Å². The molecule has 8 nitrogen and oxygen atoms in total. The predicted molar refractivity (Wildman–Crippen MR) is 188 cm³/mol. The van der Waals surface area contributed by atoms with Gasteiger partial charge in [-0.25, -0.2) is 0 Å². The molecule has 2 aliphatic heterocycles. The monoisotopic (exact) mass is 658 g/mol. The van der Waals surface area contributed by atoms with E-state index in [1.807, 2.05) is 55.1 Å². The first-order valence-electron chi connectivity index (χ1n) is 17.0. The van der Waals surface area contributed by atoms with Crippen molar-refractivity contribution < 1.29 is 19.1 Å². The summed E-state index contributed by atoms with van der Waals surface area (Å²) < 4.78 is 11.8. The number of nitrogens with one attached hydrogen (secondary N) is 1. The van der Waals surface area contributed by atoms with Gasteiger partial charge < -0.3 is 24.6 Å². The highest BCUT2D eigenvalue weighted by Gasteiger charge is 2.36. The van der Waals surface area contributed by atoms with Gasteiger partial charge >= 0.3 is 0 Å². The van der Waals surface area contributed by atoms with Gasteiger partial charge in [0.2, 0.25) is 11.8 Å². The van der Waals surface area contributed by atoms with Crippen molar-refractivity contribution in [1.29, 1.82) is 0 Å². The number of benzene rings is 3. The first-order valence-corrected chi connectivity index (χ1v) is 17.3. The van der Waals surface area contributed by atoms with E-state index in [0.29, 0.717) is 35.0 Å². The summed E-state index contributed by atoms with van der Waals surface area (Å²) in [6.45, 7) is 7.30. The van der Waals surface area contributed by atoms with E-state index in [9.17, 15) is 9.59 Å². The Morgan fingerprint density at radius 1 is 0.979 bits per heavy atom. The van der Waals surface area contributed by atoms with E-state index in [1.165, 1.54) is 12.8 Å². The topological polar surface area (TPSA) is 74.4 Å². The lowest BCUT2D eigenvalue weighted by atomic mass is 9.85. The molecule has 1 aliphatic carbocycles. The van der Waals surface area contributed by atoms with Gasteiger partial charge in [-0.3, -0.25) is 14.5 Å². The normalized spacial score (nSPS) is 22.0. The van der Waals surface area contributed by atoms with E-state index in [4.69, 9.17) is 21.1 Å². The van der Waals surface area contributed by atoms with E-state index < -0.39 is 0 Å². The number of rotatable bonds is 9. The van der Waals surface area contributed by atoms with Crippen molar-refractivity contribution in [2.45, 2.75) is 70.6 Å². The van der Waals surface area contributed by atoms with Crippen LogP contribution >= 0.6 is 11.6 Å². The van der Waals surface area contributed by atoms with Crippen molar-refractivity contribution in [3.05, 3.63) is 82.4 Å². The molecule has 3 aromatic carbocycles. The molecule has 1 saturated heterocycles. The predicted octanol–water partition coefficient (Wildman–Crippen LogP) is 6.63. The first kappa shape index (κ1) is 33.2. The zero-order chi connectivity index (χ0) is 33.1. The van der Waals surface area contributed by atoms with Gasteiger partial charge in [0, 0.05) is 49.1 Å². The summed E-state index contributed by atoms with van der Waals surface area (Å²) in [5.41, 5.74) is 4.90. The fourth-order valence-corrected chi connectivity index (χ4v) is 7.65. The van der Waals surface area contributed by atoms with Gasteiger partial charge in [-0.2, -0.15) is 0 Å². The number of carbonyl (C=O) groups is 2. The number of halogens is 1. The van der Waals surface area contributed by atoms with Crippen LogP contribution in [0.15, 0.2) is 60.7 Å². The second kappa shape index (κ2) is 14.6. The molecule has 0 aromatic heterocycles. The van der Waals surface area contributed by atoms with Gasteiger partial charge in [-0.05, 0) is 117 Å². The molecule has 6 rings (SSSR count). The summed E-state index contributed by atoms with van der Waals surface area (Å²) in [4.78, 5) is 32.6. The lowest BCUT2D eigenvalue weighted by Crippen LogP contribution is -2.43. The molecule has 0 radical (unpaired) electrons. The number of nitrogens with zero attached hydrogens (tertiary/aromatic N) is 3. The van der Waals surface area contributed by atoms with Gasteiger partial charge in [0.05, 0.1) is 32.2 Å². The maximum absolute atomic E-state index is 13.9. The molecule has 2 amide bonds. The molecule has 0 unspecified atom stereocenters. The van der Waals surface area contributed by atoms with Crippen LogP contribution in [-0.4, -0.2) is 69.2 Å². The van der Waals surface area contributed by atoms with Gasteiger partial charge in [-0.1, -0.05) is 23.7 Å². The molecule has 1 saturated carbocycles. The largest absolute Gasteiger partial charge is 0.493 e. The zero-order valence-electron chi connectivity index (χ0n) is 28.0. The minimum atomic E-state index is -0.349. The lowest BCUT2D eigenvalue weighted by Gasteiger charge is -2.38. The molecule has 47 heavy (non-hydrogen) atoms. The van der Waals surface area contributed by atoms with Crippen LogP contribution in [0.1, 0.15) is 68.7 Å². The first-order chi connectivity index (χ1) is 22.7. The molecular weight excluding hydrogens is 612 g/mol. The summed E-state index contributed by atoms with van der Waals surface area (Å²) in [5, 5.41) is 3.65. The van der Waals surface area contributed by atoms with E-state index in [1.54, 1.807) is 7.11 Å². The zero-order valence-corrected chi connectivity index (χ0v) is 28.8. The highest BCUT2D eigenvalue weighted by molar-refractivity contribution is 6.30. The molecule has 2 fully saturated rings. The van der Waals surface area contributed by atoms with Crippen molar-refractivity contribution in [2.75, 3.05) is 50.1 Å². The van der Waals surface area contributed by atoms with Crippen LogP contribution in [0.3, 0.4) is 0 Å². The third kappa shape index (κ3) is 7.54. The number of amides is 2. The number of methoxy groups -OCH3 is 1. The number of hydrogen-bond acceptors (Lipinski definition) is 6. The standard InChI is InChI=1S/C38H47ClN4O4/c1-25(2)47-35-22-33-28(20-34(35)46-4)21-37(45)43(38(33)27-8-10-29(39)11-9-27)32-16-14-30(15-17-32)41(3)23-26-6-12-31(13-7-26)42-19-5-18-40-36(44)24-42/h8-11,14-17,20,22,25-26,31,38H,5-7,12-13,18-19,21,23-24H2,1-4H3,(H,40,44)/t26-,31-,38-/m0/s1. The Morgan fingerprint density at radius 3 is 2.38 bits per heavy atom. The van der Waals surface area contributed by atoms with Crippen LogP contribution in [0.4, 0.5) is 11.4 Å². The van der Waals surface area contributed by atoms with E-state index in [0.717, 1.165) is 67.0 Å². The van der Waals surface area contributed by atoms with Crippen molar-refractivity contribution in [2.24, 2.45) is 5.92 Å². The third-order valence-corrected chi connectivity index (χ3v) is 10.1. The van der Waals surface area contributed by atoms with E-state index in [-0.39, 0.29) is 30.4 Å². The number of anilines is 2. The number of carbonyl (C=O) groups excluding carboxylic acids is 2. The molecular formula is C38H47ClN4O4. The van der Waals surface area contributed by atoms with Gasteiger partial charge in [0.25, 0.3) is 0 Å². The molecule has 2 heterocycles. The number of fused-ring (bicyclic) bond motifs is 1. The third-order valence-electron chi connectivity index (χ3n) is 9.86. The Hall–Kier alpha value is -3.75. The summed E-state index contributed by atoms with van der Waals surface area (Å²) >= 11 is 6.29. The molecule has 3 aliphatic rings. The smallest absolute Gasteiger partial charge is 0.234 e. The lowest BCUT2D eigenvalue weighted by molar-refractivity contribution is -0.122. The minimum absolute atomic E-state index is 0.0248. The van der Waals surface area contributed by atoms with Crippen LogP contribution in [0.25, 0.3) is 0 Å². The highest BCUT2D eigenvalue weighted by Crippen LogP contribution is 2.44. The average molecular weight is 659 g/mol. The van der Waals surface area contributed by atoms with Crippen LogP contribution in [0, 0.1) is 5.92 Å². The van der Waals surface area contributed by atoms with Crippen LogP contribution in [0.5, 0.6) is 11.5 Å². The Labute approximate surface area is 284 Å². The molecule has 1 N–H and O–H groups in total. The fraction of sp³-hybridized carbons (Fsp3) is 0.474. The van der Waals surface area contributed by atoms with E-state index >= 15 is 0 Å². The second-order valence-corrected chi connectivity index (χ2v) is 13.9. The minimum Gasteiger partial charge on any atom is -0.493 e. The molecule has 250 valence electrons. The Bertz CT molecular complexity index is 1550. The van der Waals surface area contributed by atoms with Crippen molar-refractivity contribution in [3.8, 4) is 11.5 Å². The van der Waals surface area contributed by atoms with Gasteiger partial charge in [0.15, 0.2) is 11.5 Å². The van der Waals surface area contributed by atoms with Crippen molar-refractivity contribution in [3.63, 3.8) is 0 Å². The summed E-state index contributed by atoms with van der Waals surface area (Å²) in [6.07, 6.45) is 5.90. The summed E-state index contributed by atoms with van der Waals surface area (Å²) in [7, 11) is 3.78.